The molecule has 3 heterocycles. The number of nitrogens with one attached hydrogen (secondary N) is 1. The molecule has 0 spiro atoms. The number of methoxy groups -OCH3 is 1. The first-order valence-electron chi connectivity index (χ1n) is 12.0. The number of fused-ring (bicyclic) bond motifs is 1. The SMILES string of the molecule is COc1ccccc1CNC(=O)C1CCN(C(=O)c2ncn3c2CO[C@@H](c2ccccc2)C3)CC1. The van der Waals surface area contributed by atoms with Gasteiger partial charge in [-0.05, 0) is 24.5 Å². The third-order valence-electron chi connectivity index (χ3n) is 6.90. The first kappa shape index (κ1) is 23.1. The van der Waals surface area contributed by atoms with E-state index in [1.807, 2.05) is 47.0 Å². The van der Waals surface area contributed by atoms with E-state index >= 15 is 0 Å². The van der Waals surface area contributed by atoms with Crippen molar-refractivity contribution >= 4 is 11.8 Å². The Morgan fingerprint density at radius 2 is 1.83 bits per heavy atom. The molecular formula is C27H30N4O4. The van der Waals surface area contributed by atoms with Crippen LogP contribution in [0.2, 0.25) is 0 Å². The normalized spacial score (nSPS) is 18.1. The number of amides is 2. The first-order valence-corrected chi connectivity index (χ1v) is 12.0. The lowest BCUT2D eigenvalue weighted by atomic mass is 9.95. The zero-order valence-corrected chi connectivity index (χ0v) is 19.9. The van der Waals surface area contributed by atoms with E-state index in [2.05, 4.69) is 22.4 Å². The highest BCUT2D eigenvalue weighted by Crippen LogP contribution is 2.29. The number of benzene rings is 2. The maximum absolute atomic E-state index is 13.2. The van der Waals surface area contributed by atoms with Gasteiger partial charge in [0.15, 0.2) is 5.69 Å². The highest BCUT2D eigenvalue weighted by atomic mass is 16.5. The second-order valence-electron chi connectivity index (χ2n) is 9.00. The molecule has 2 aliphatic rings. The van der Waals surface area contributed by atoms with E-state index in [1.54, 1.807) is 18.3 Å². The number of piperidine rings is 1. The van der Waals surface area contributed by atoms with E-state index in [4.69, 9.17) is 9.47 Å². The summed E-state index contributed by atoms with van der Waals surface area (Å²) in [5.41, 5.74) is 3.33. The Morgan fingerprint density at radius 1 is 1.09 bits per heavy atom. The number of hydrogen-bond acceptors (Lipinski definition) is 5. The van der Waals surface area contributed by atoms with Crippen LogP contribution in [-0.4, -0.2) is 46.5 Å². The van der Waals surface area contributed by atoms with Gasteiger partial charge in [0.1, 0.15) is 11.9 Å². The number of ether oxygens (including phenoxy) is 2. The van der Waals surface area contributed by atoms with E-state index in [1.165, 1.54) is 0 Å². The highest BCUT2D eigenvalue weighted by Gasteiger charge is 2.32. The van der Waals surface area contributed by atoms with Crippen molar-refractivity contribution < 1.29 is 19.1 Å². The maximum atomic E-state index is 13.2. The van der Waals surface area contributed by atoms with Crippen molar-refractivity contribution in [2.75, 3.05) is 20.2 Å². The molecule has 0 aliphatic carbocycles. The van der Waals surface area contributed by atoms with E-state index in [-0.39, 0.29) is 23.8 Å². The molecule has 1 aromatic heterocycles. The molecule has 2 aromatic carbocycles. The molecule has 35 heavy (non-hydrogen) atoms. The fourth-order valence-corrected chi connectivity index (χ4v) is 4.85. The van der Waals surface area contributed by atoms with Gasteiger partial charge in [0.25, 0.3) is 5.91 Å². The predicted molar refractivity (Wildman–Crippen MR) is 130 cm³/mol. The highest BCUT2D eigenvalue weighted by molar-refractivity contribution is 5.93. The summed E-state index contributed by atoms with van der Waals surface area (Å²) in [5.74, 6) is 0.575. The Bertz CT molecular complexity index is 1180. The van der Waals surface area contributed by atoms with E-state index in [0.29, 0.717) is 51.3 Å². The number of hydrogen-bond donors (Lipinski definition) is 1. The molecule has 0 bridgehead atoms. The number of para-hydroxylation sites is 1. The second-order valence-corrected chi connectivity index (χ2v) is 9.00. The van der Waals surface area contributed by atoms with Crippen molar-refractivity contribution in [3.05, 3.63) is 83.4 Å². The molecule has 1 saturated heterocycles. The van der Waals surface area contributed by atoms with Gasteiger partial charge in [-0.2, -0.15) is 0 Å². The largest absolute Gasteiger partial charge is 0.496 e. The summed E-state index contributed by atoms with van der Waals surface area (Å²) in [7, 11) is 1.62. The minimum atomic E-state index is -0.111. The standard InChI is InChI=1S/C27H30N4O4/c1-34-23-10-6-5-9-21(23)15-28-26(32)20-11-13-30(14-12-20)27(33)25-22-17-35-24(16-31(22)18-29-25)19-7-3-2-4-8-19/h2-10,18,20,24H,11-17H2,1H3,(H,28,32)/t24-/m1/s1. The number of nitrogens with zero attached hydrogens (tertiary/aromatic N) is 3. The van der Waals surface area contributed by atoms with Gasteiger partial charge in [-0.25, -0.2) is 4.98 Å². The fourth-order valence-electron chi connectivity index (χ4n) is 4.85. The van der Waals surface area contributed by atoms with Crippen LogP contribution in [0.5, 0.6) is 5.75 Å². The molecule has 1 atom stereocenters. The van der Waals surface area contributed by atoms with Crippen LogP contribution >= 0.6 is 0 Å². The molecule has 3 aromatic rings. The third-order valence-corrected chi connectivity index (χ3v) is 6.90. The van der Waals surface area contributed by atoms with Crippen molar-refractivity contribution in [2.45, 2.75) is 38.6 Å². The predicted octanol–water partition coefficient (Wildman–Crippen LogP) is 3.33. The number of aromatic nitrogens is 2. The molecule has 5 rings (SSSR count). The Balaban J connectivity index is 1.15. The number of likely N-dealkylation sites (tertiary alicyclic amines) is 1. The smallest absolute Gasteiger partial charge is 0.274 e. The van der Waals surface area contributed by atoms with Gasteiger partial charge < -0.3 is 24.3 Å². The summed E-state index contributed by atoms with van der Waals surface area (Å²) in [5, 5.41) is 3.02. The van der Waals surface area contributed by atoms with Crippen molar-refractivity contribution in [1.29, 1.82) is 0 Å². The fraction of sp³-hybridized carbons (Fsp3) is 0.370. The molecule has 8 heteroatoms. The maximum Gasteiger partial charge on any atom is 0.274 e. The van der Waals surface area contributed by atoms with Crippen LogP contribution in [0.4, 0.5) is 0 Å². The van der Waals surface area contributed by atoms with Gasteiger partial charge in [0, 0.05) is 31.1 Å². The topological polar surface area (TPSA) is 85.7 Å². The molecule has 0 saturated carbocycles. The summed E-state index contributed by atoms with van der Waals surface area (Å²) >= 11 is 0. The molecule has 0 radical (unpaired) electrons. The monoisotopic (exact) mass is 474 g/mol. The van der Waals surface area contributed by atoms with Crippen LogP contribution in [0.3, 0.4) is 0 Å². The Kier molecular flexibility index (Phi) is 6.81. The van der Waals surface area contributed by atoms with Crippen LogP contribution in [0.25, 0.3) is 0 Å². The summed E-state index contributed by atoms with van der Waals surface area (Å²) in [6.07, 6.45) is 2.95. The molecule has 8 nitrogen and oxygen atoms in total. The zero-order valence-electron chi connectivity index (χ0n) is 19.9. The minimum Gasteiger partial charge on any atom is -0.496 e. The van der Waals surface area contributed by atoms with Crippen molar-refractivity contribution in [3.63, 3.8) is 0 Å². The summed E-state index contributed by atoms with van der Waals surface area (Å²) < 4.78 is 13.4. The van der Waals surface area contributed by atoms with Gasteiger partial charge in [-0.1, -0.05) is 48.5 Å². The molecule has 1 N–H and O–H groups in total. The average Bonchev–Trinajstić information content (AvgIpc) is 3.35. The lowest BCUT2D eigenvalue weighted by molar-refractivity contribution is -0.126. The van der Waals surface area contributed by atoms with Crippen LogP contribution in [-0.2, 0) is 29.2 Å². The van der Waals surface area contributed by atoms with E-state index < -0.39 is 0 Å². The van der Waals surface area contributed by atoms with Crippen molar-refractivity contribution in [1.82, 2.24) is 19.8 Å². The van der Waals surface area contributed by atoms with Gasteiger partial charge in [0.2, 0.25) is 5.91 Å². The third kappa shape index (κ3) is 4.93. The number of carbonyl (C=O) groups is 2. The number of rotatable bonds is 6. The first-order chi connectivity index (χ1) is 17.1. The molecule has 2 amide bonds. The molecule has 1 fully saturated rings. The second kappa shape index (κ2) is 10.3. The molecular weight excluding hydrogens is 444 g/mol. The van der Waals surface area contributed by atoms with E-state index in [9.17, 15) is 9.59 Å². The van der Waals surface area contributed by atoms with Crippen molar-refractivity contribution in [2.24, 2.45) is 5.92 Å². The molecule has 0 unspecified atom stereocenters. The number of carbonyl (C=O) groups excluding carboxylic acids is 2. The van der Waals surface area contributed by atoms with Gasteiger partial charge in [0.05, 0.1) is 32.3 Å². The summed E-state index contributed by atoms with van der Waals surface area (Å²) in [6, 6.07) is 17.7. The lowest BCUT2D eigenvalue weighted by Crippen LogP contribution is -2.43. The van der Waals surface area contributed by atoms with Crippen LogP contribution in [0.1, 0.15) is 46.3 Å². The van der Waals surface area contributed by atoms with Gasteiger partial charge >= 0.3 is 0 Å². The van der Waals surface area contributed by atoms with Crippen molar-refractivity contribution in [3.8, 4) is 5.75 Å². The van der Waals surface area contributed by atoms with Crippen LogP contribution < -0.4 is 10.1 Å². The minimum absolute atomic E-state index is 0.0164. The average molecular weight is 475 g/mol. The molecule has 2 aliphatic heterocycles. The van der Waals surface area contributed by atoms with E-state index in [0.717, 1.165) is 22.6 Å². The summed E-state index contributed by atoms with van der Waals surface area (Å²) in [6.45, 7) is 2.47. The summed E-state index contributed by atoms with van der Waals surface area (Å²) in [4.78, 5) is 32.2. The zero-order chi connectivity index (χ0) is 24.2. The number of imidazole rings is 1. The van der Waals surface area contributed by atoms with Gasteiger partial charge in [-0.3, -0.25) is 9.59 Å². The molecule has 182 valence electrons. The Hall–Kier alpha value is -3.65. The Labute approximate surface area is 204 Å². The van der Waals surface area contributed by atoms with Gasteiger partial charge in [-0.15, -0.1) is 0 Å². The lowest BCUT2D eigenvalue weighted by Gasteiger charge is -2.31. The quantitative estimate of drug-likeness (QED) is 0.592. The Morgan fingerprint density at radius 3 is 2.60 bits per heavy atom. The van der Waals surface area contributed by atoms with Crippen LogP contribution in [0, 0.1) is 5.92 Å². The van der Waals surface area contributed by atoms with Crippen LogP contribution in [0.15, 0.2) is 60.9 Å².